The number of nitrogens with one attached hydrogen (secondary N) is 1. The molecule has 0 unspecified atom stereocenters. The predicted octanol–water partition coefficient (Wildman–Crippen LogP) is 0.412. The summed E-state index contributed by atoms with van der Waals surface area (Å²) in [6, 6.07) is 17.0. The van der Waals surface area contributed by atoms with Gasteiger partial charge in [0.2, 0.25) is 0 Å². The third kappa shape index (κ3) is 3.27. The Morgan fingerprint density at radius 2 is 1.80 bits per heavy atom. The number of amides is 1. The number of ketones is 1. The van der Waals surface area contributed by atoms with Crippen molar-refractivity contribution in [2.75, 3.05) is 0 Å². The van der Waals surface area contributed by atoms with Crippen LogP contribution in [0.15, 0.2) is 70.3 Å². The summed E-state index contributed by atoms with van der Waals surface area (Å²) in [5, 5.41) is 11.7. The van der Waals surface area contributed by atoms with Crippen LogP contribution < -0.4 is 16.7 Å². The van der Waals surface area contributed by atoms with Crippen molar-refractivity contribution in [1.29, 1.82) is 5.26 Å². The molecule has 0 aliphatic carbocycles. The molecular weight excluding hydrogens is 386 g/mol. The second-order valence-corrected chi connectivity index (χ2v) is 6.60. The molecule has 0 spiro atoms. The van der Waals surface area contributed by atoms with E-state index in [-0.39, 0.29) is 30.0 Å². The van der Waals surface area contributed by atoms with E-state index in [4.69, 9.17) is 5.26 Å². The fraction of sp³-hybridized carbons (Fsp3) is 0.0952. The van der Waals surface area contributed by atoms with E-state index in [2.05, 4.69) is 5.32 Å². The molecule has 1 N–H and O–H groups in total. The molecule has 1 amide bonds. The minimum atomic E-state index is -0.802. The lowest BCUT2D eigenvalue weighted by Gasteiger charge is -2.16. The van der Waals surface area contributed by atoms with Gasteiger partial charge in [0.25, 0.3) is 5.91 Å². The molecule has 0 saturated heterocycles. The first-order chi connectivity index (χ1) is 14.5. The molecule has 30 heavy (non-hydrogen) atoms. The number of allylic oxidation sites excluding steroid dienone is 1. The van der Waals surface area contributed by atoms with Crippen LogP contribution in [0.5, 0.6) is 0 Å². The monoisotopic (exact) mass is 401 g/mol. The number of nitriles is 1. The molecule has 9 nitrogen and oxygen atoms in total. The van der Waals surface area contributed by atoms with Gasteiger partial charge in [-0.05, 0) is 23.8 Å². The van der Waals surface area contributed by atoms with Crippen molar-refractivity contribution in [2.24, 2.45) is 0 Å². The molecule has 4 rings (SSSR count). The molecule has 0 bridgehead atoms. The van der Waals surface area contributed by atoms with Gasteiger partial charge in [0.15, 0.2) is 5.78 Å². The van der Waals surface area contributed by atoms with Crippen LogP contribution in [0.2, 0.25) is 0 Å². The maximum Gasteiger partial charge on any atom is 0.356 e. The number of carbonyl (C=O) groups is 2. The van der Waals surface area contributed by atoms with Gasteiger partial charge in [-0.3, -0.25) is 9.59 Å². The molecule has 3 aromatic rings. The van der Waals surface area contributed by atoms with E-state index < -0.39 is 23.1 Å². The highest BCUT2D eigenvalue weighted by atomic mass is 16.2. The Balaban J connectivity index is 1.75. The number of hydrogen-bond acceptors (Lipinski definition) is 5. The van der Waals surface area contributed by atoms with E-state index in [0.717, 1.165) is 25.6 Å². The Bertz CT molecular complexity index is 1350. The molecule has 0 saturated carbocycles. The smallest absolute Gasteiger partial charge is 0.347 e. The van der Waals surface area contributed by atoms with Gasteiger partial charge in [-0.25, -0.2) is 18.8 Å². The molecule has 0 atom stereocenters. The molecule has 0 fully saturated rings. The summed E-state index contributed by atoms with van der Waals surface area (Å²) < 4.78 is 2.64. The van der Waals surface area contributed by atoms with E-state index in [0.29, 0.717) is 0 Å². The summed E-state index contributed by atoms with van der Waals surface area (Å²) in [6.45, 7) is -0.177. The Kier molecular flexibility index (Phi) is 4.74. The molecule has 1 aliphatic rings. The molecule has 9 heteroatoms. The molecule has 2 aromatic carbocycles. The number of carbonyl (C=O) groups excluding carboxylic acids is 2. The van der Waals surface area contributed by atoms with Crippen LogP contribution in [-0.2, 0) is 22.7 Å². The number of nitrogens with zero attached hydrogens (tertiary/aromatic N) is 4. The number of aromatic nitrogens is 3. The van der Waals surface area contributed by atoms with Crippen molar-refractivity contribution in [1.82, 2.24) is 19.2 Å². The topological polar surface area (TPSA) is 119 Å². The highest BCUT2D eigenvalue weighted by molar-refractivity contribution is 6.19. The fourth-order valence-electron chi connectivity index (χ4n) is 3.23. The van der Waals surface area contributed by atoms with Crippen LogP contribution in [0.25, 0.3) is 11.4 Å². The molecular formula is C21H15N5O4. The van der Waals surface area contributed by atoms with Crippen molar-refractivity contribution < 1.29 is 9.59 Å². The van der Waals surface area contributed by atoms with Crippen molar-refractivity contribution in [3.8, 4) is 11.8 Å². The van der Waals surface area contributed by atoms with Crippen LogP contribution >= 0.6 is 0 Å². The van der Waals surface area contributed by atoms with E-state index >= 15 is 0 Å². The van der Waals surface area contributed by atoms with E-state index in [1.54, 1.807) is 0 Å². The minimum absolute atomic E-state index is 0.176. The van der Waals surface area contributed by atoms with Gasteiger partial charge in [0.05, 0.1) is 17.3 Å². The quantitative estimate of drug-likeness (QED) is 0.679. The SMILES string of the molecule is N#Cc1cccc(-n2c(=O)n3n(c2=O)C(C(=O)NCc2ccccc2)=CC(=O)C3)c1. The first-order valence-corrected chi connectivity index (χ1v) is 9.02. The normalized spacial score (nSPS) is 12.6. The van der Waals surface area contributed by atoms with Gasteiger partial charge in [0.1, 0.15) is 12.2 Å². The third-order valence-corrected chi connectivity index (χ3v) is 4.62. The molecule has 2 heterocycles. The first kappa shape index (κ1) is 18.9. The maximum atomic E-state index is 13.0. The number of benzene rings is 2. The lowest BCUT2D eigenvalue weighted by Crippen LogP contribution is -2.38. The molecule has 0 radical (unpaired) electrons. The van der Waals surface area contributed by atoms with E-state index in [1.807, 2.05) is 36.4 Å². The fourth-order valence-corrected chi connectivity index (χ4v) is 3.23. The number of hydrogen-bond donors (Lipinski definition) is 1. The second kappa shape index (κ2) is 7.52. The molecule has 148 valence electrons. The van der Waals surface area contributed by atoms with Gasteiger partial charge in [-0.15, -0.1) is 0 Å². The standard InChI is InChI=1S/C21H15N5O4/c22-11-15-7-4-8-16(9-15)25-20(29)24-13-17(27)10-18(26(24)21(25)30)19(28)23-12-14-5-2-1-3-6-14/h1-10H,12-13H2,(H,23,28). The summed E-state index contributed by atoms with van der Waals surface area (Å²) in [4.78, 5) is 50.7. The van der Waals surface area contributed by atoms with Crippen molar-refractivity contribution in [3.63, 3.8) is 0 Å². The van der Waals surface area contributed by atoms with Crippen molar-refractivity contribution >= 4 is 17.4 Å². The zero-order chi connectivity index (χ0) is 21.3. The van der Waals surface area contributed by atoms with Crippen LogP contribution in [-0.4, -0.2) is 25.6 Å². The predicted molar refractivity (Wildman–Crippen MR) is 107 cm³/mol. The largest absolute Gasteiger partial charge is 0.356 e. The zero-order valence-corrected chi connectivity index (χ0v) is 15.6. The maximum absolute atomic E-state index is 13.0. The highest BCUT2D eigenvalue weighted by Gasteiger charge is 2.28. The van der Waals surface area contributed by atoms with Crippen LogP contribution in [0, 0.1) is 11.3 Å². The van der Waals surface area contributed by atoms with Gasteiger partial charge in [0, 0.05) is 12.6 Å². The van der Waals surface area contributed by atoms with Crippen LogP contribution in [0.4, 0.5) is 0 Å². The van der Waals surface area contributed by atoms with Crippen molar-refractivity contribution in [2.45, 2.75) is 13.1 Å². The molecule has 1 aromatic heterocycles. The van der Waals surface area contributed by atoms with Gasteiger partial charge in [-0.2, -0.15) is 9.94 Å². The average molecular weight is 401 g/mol. The van der Waals surface area contributed by atoms with E-state index in [9.17, 15) is 19.2 Å². The highest BCUT2D eigenvalue weighted by Crippen LogP contribution is 2.11. The summed E-state index contributed by atoms with van der Waals surface area (Å²) in [5.41, 5.74) is -0.535. The summed E-state index contributed by atoms with van der Waals surface area (Å²) >= 11 is 0. The van der Waals surface area contributed by atoms with Gasteiger partial charge >= 0.3 is 11.4 Å². The van der Waals surface area contributed by atoms with Gasteiger partial charge < -0.3 is 5.32 Å². The summed E-state index contributed by atoms with van der Waals surface area (Å²) in [6.07, 6.45) is 1.05. The Hall–Kier alpha value is -4.45. The van der Waals surface area contributed by atoms with Gasteiger partial charge in [-0.1, -0.05) is 36.4 Å². The van der Waals surface area contributed by atoms with Crippen LogP contribution in [0.1, 0.15) is 11.1 Å². The lowest BCUT2D eigenvalue weighted by atomic mass is 10.2. The molecule has 1 aliphatic heterocycles. The third-order valence-electron chi connectivity index (χ3n) is 4.62. The lowest BCUT2D eigenvalue weighted by molar-refractivity contribution is -0.118. The second-order valence-electron chi connectivity index (χ2n) is 6.60. The van der Waals surface area contributed by atoms with Crippen molar-refractivity contribution in [3.05, 3.63) is 92.8 Å². The average Bonchev–Trinajstić information content (AvgIpc) is 3.02. The zero-order valence-electron chi connectivity index (χ0n) is 15.6. The number of rotatable bonds is 4. The number of fused-ring (bicyclic) bond motifs is 1. The first-order valence-electron chi connectivity index (χ1n) is 9.02. The summed E-state index contributed by atoms with van der Waals surface area (Å²) in [5.74, 6) is -1.14. The minimum Gasteiger partial charge on any atom is -0.347 e. The van der Waals surface area contributed by atoms with Crippen LogP contribution in [0.3, 0.4) is 0 Å². The summed E-state index contributed by atoms with van der Waals surface area (Å²) in [7, 11) is 0. The Labute approximate surface area is 169 Å². The van der Waals surface area contributed by atoms with E-state index in [1.165, 1.54) is 24.3 Å². The Morgan fingerprint density at radius 1 is 1.03 bits per heavy atom. The Morgan fingerprint density at radius 3 is 2.53 bits per heavy atom.